The van der Waals surface area contributed by atoms with Crippen molar-refractivity contribution in [1.82, 2.24) is 0 Å². The lowest BCUT2D eigenvalue weighted by Crippen LogP contribution is -2.20. The third-order valence-electron chi connectivity index (χ3n) is 2.90. The summed E-state index contributed by atoms with van der Waals surface area (Å²) in [5.74, 6) is -0.852. The molecular formula is C16H14ClNO3. The van der Waals surface area contributed by atoms with Crippen LogP contribution >= 0.6 is 11.6 Å². The van der Waals surface area contributed by atoms with E-state index in [9.17, 15) is 15.0 Å². The van der Waals surface area contributed by atoms with Gasteiger partial charge in [-0.15, -0.1) is 0 Å². The van der Waals surface area contributed by atoms with Gasteiger partial charge >= 0.3 is 5.97 Å². The molecule has 2 N–H and O–H groups in total. The van der Waals surface area contributed by atoms with Gasteiger partial charge in [0, 0.05) is 17.7 Å². The third-order valence-corrected chi connectivity index (χ3v) is 3.14. The Balaban J connectivity index is 2.12. The summed E-state index contributed by atoms with van der Waals surface area (Å²) in [7, 11) is 0. The number of carboxylic acid groups (broad SMARTS) is 1. The Hall–Kier alpha value is -2.33. The third kappa shape index (κ3) is 4.61. The number of rotatable bonds is 5. The van der Waals surface area contributed by atoms with Crippen LogP contribution in [0, 0.1) is 0 Å². The van der Waals surface area contributed by atoms with Gasteiger partial charge in [0.25, 0.3) is 0 Å². The zero-order chi connectivity index (χ0) is 15.2. The molecule has 0 heterocycles. The first kappa shape index (κ1) is 15.1. The molecule has 2 aromatic carbocycles. The number of hydrogen-bond acceptors (Lipinski definition) is 3. The van der Waals surface area contributed by atoms with E-state index in [0.717, 1.165) is 11.1 Å². The van der Waals surface area contributed by atoms with Crippen molar-refractivity contribution in [3.63, 3.8) is 0 Å². The second kappa shape index (κ2) is 6.90. The van der Waals surface area contributed by atoms with E-state index in [1.165, 1.54) is 18.3 Å². The second-order valence-corrected chi connectivity index (χ2v) is 4.99. The number of halogens is 1. The zero-order valence-corrected chi connectivity index (χ0v) is 11.9. The molecule has 0 radical (unpaired) electrons. The van der Waals surface area contributed by atoms with Crippen LogP contribution in [-0.4, -0.2) is 28.4 Å². The van der Waals surface area contributed by atoms with Gasteiger partial charge in [-0.05, 0) is 35.4 Å². The largest absolute Gasteiger partial charge is 0.508 e. The number of hydrogen-bond donors (Lipinski definition) is 2. The van der Waals surface area contributed by atoms with Gasteiger partial charge in [-0.1, -0.05) is 35.9 Å². The van der Waals surface area contributed by atoms with Crippen LogP contribution in [0.15, 0.2) is 53.5 Å². The molecule has 4 nitrogen and oxygen atoms in total. The minimum absolute atomic E-state index is 0.146. The van der Waals surface area contributed by atoms with Crippen LogP contribution in [0.1, 0.15) is 11.1 Å². The first-order valence-corrected chi connectivity index (χ1v) is 6.72. The molecule has 0 spiro atoms. The molecule has 0 amide bonds. The number of nitrogens with zero attached hydrogens (tertiary/aromatic N) is 1. The van der Waals surface area contributed by atoms with E-state index in [-0.39, 0.29) is 12.2 Å². The van der Waals surface area contributed by atoms with Crippen molar-refractivity contribution in [2.24, 2.45) is 4.99 Å². The quantitative estimate of drug-likeness (QED) is 0.834. The smallest absolute Gasteiger partial charge is 0.328 e. The molecule has 0 aliphatic carbocycles. The number of carboxylic acids is 1. The molecule has 0 fully saturated rings. The fourth-order valence-corrected chi connectivity index (χ4v) is 2.02. The van der Waals surface area contributed by atoms with Crippen molar-refractivity contribution >= 4 is 23.8 Å². The summed E-state index contributed by atoms with van der Waals surface area (Å²) >= 11 is 5.87. The predicted octanol–water partition coefficient (Wildman–Crippen LogP) is 3.16. The van der Waals surface area contributed by atoms with E-state index in [2.05, 4.69) is 4.99 Å². The zero-order valence-electron chi connectivity index (χ0n) is 11.1. The van der Waals surface area contributed by atoms with Gasteiger partial charge in [-0.3, -0.25) is 4.99 Å². The van der Waals surface area contributed by atoms with Crippen LogP contribution in [0.2, 0.25) is 5.02 Å². The Bertz CT molecular complexity index is 653. The summed E-state index contributed by atoms with van der Waals surface area (Å²) in [6, 6.07) is 12.6. The number of phenolic OH excluding ortho intramolecular Hbond substituents is 1. The average Bonchev–Trinajstić information content (AvgIpc) is 2.45. The van der Waals surface area contributed by atoms with Crippen molar-refractivity contribution in [1.29, 1.82) is 0 Å². The lowest BCUT2D eigenvalue weighted by atomic mass is 10.1. The van der Waals surface area contributed by atoms with E-state index in [1.807, 2.05) is 0 Å². The van der Waals surface area contributed by atoms with Gasteiger partial charge in [0.2, 0.25) is 0 Å². The maximum atomic E-state index is 11.3. The molecule has 5 heteroatoms. The summed E-state index contributed by atoms with van der Waals surface area (Å²) < 4.78 is 0. The predicted molar refractivity (Wildman–Crippen MR) is 82.3 cm³/mol. The standard InChI is InChI=1S/C16H14ClNO3/c17-13-3-1-2-12(8-13)10-18-15(16(20)21)9-11-4-6-14(19)7-5-11/h1-8,10,15,19H,9H2,(H,20,21). The van der Waals surface area contributed by atoms with E-state index in [0.29, 0.717) is 5.02 Å². The molecule has 0 aliphatic heterocycles. The van der Waals surface area contributed by atoms with Gasteiger partial charge in [0.15, 0.2) is 6.04 Å². The molecule has 108 valence electrons. The fourth-order valence-electron chi connectivity index (χ4n) is 1.82. The van der Waals surface area contributed by atoms with Gasteiger partial charge in [0.05, 0.1) is 0 Å². The van der Waals surface area contributed by atoms with Gasteiger partial charge in [-0.2, -0.15) is 0 Å². The normalized spacial score (nSPS) is 12.4. The summed E-state index contributed by atoms with van der Waals surface area (Å²) in [4.78, 5) is 15.4. The van der Waals surface area contributed by atoms with E-state index in [4.69, 9.17) is 11.6 Å². The molecule has 2 aromatic rings. The molecule has 2 rings (SSSR count). The molecule has 0 aromatic heterocycles. The van der Waals surface area contributed by atoms with Crippen LogP contribution in [0.25, 0.3) is 0 Å². The maximum Gasteiger partial charge on any atom is 0.328 e. The molecule has 1 atom stereocenters. The topological polar surface area (TPSA) is 69.9 Å². The molecule has 0 saturated carbocycles. The van der Waals surface area contributed by atoms with Crippen LogP contribution < -0.4 is 0 Å². The Kier molecular flexibility index (Phi) is 4.95. The van der Waals surface area contributed by atoms with E-state index in [1.54, 1.807) is 36.4 Å². The van der Waals surface area contributed by atoms with Crippen molar-refractivity contribution in [3.05, 3.63) is 64.7 Å². The lowest BCUT2D eigenvalue weighted by Gasteiger charge is -2.07. The number of aliphatic imine (C=N–C) groups is 1. The highest BCUT2D eigenvalue weighted by molar-refractivity contribution is 6.30. The number of carbonyl (C=O) groups is 1. The molecule has 0 saturated heterocycles. The fraction of sp³-hybridized carbons (Fsp3) is 0.125. The molecule has 1 unspecified atom stereocenters. The highest BCUT2D eigenvalue weighted by Gasteiger charge is 2.15. The second-order valence-electron chi connectivity index (χ2n) is 4.56. The van der Waals surface area contributed by atoms with Crippen molar-refractivity contribution in [3.8, 4) is 5.75 Å². The number of aromatic hydroxyl groups is 1. The van der Waals surface area contributed by atoms with Gasteiger partial charge in [-0.25, -0.2) is 4.79 Å². The van der Waals surface area contributed by atoms with Crippen LogP contribution in [-0.2, 0) is 11.2 Å². The average molecular weight is 304 g/mol. The molecule has 21 heavy (non-hydrogen) atoms. The SMILES string of the molecule is O=C(O)C(Cc1ccc(O)cc1)N=Cc1cccc(Cl)c1. The van der Waals surface area contributed by atoms with E-state index >= 15 is 0 Å². The summed E-state index contributed by atoms with van der Waals surface area (Å²) in [6.45, 7) is 0. The van der Waals surface area contributed by atoms with Crippen molar-refractivity contribution < 1.29 is 15.0 Å². The minimum atomic E-state index is -0.999. The Labute approximate surface area is 127 Å². The first-order chi connectivity index (χ1) is 10.0. The molecular weight excluding hydrogens is 290 g/mol. The van der Waals surface area contributed by atoms with Crippen molar-refractivity contribution in [2.45, 2.75) is 12.5 Å². The minimum Gasteiger partial charge on any atom is -0.508 e. The Morgan fingerprint density at radius 3 is 2.57 bits per heavy atom. The first-order valence-electron chi connectivity index (χ1n) is 6.34. The molecule has 0 aliphatic rings. The Morgan fingerprint density at radius 2 is 1.95 bits per heavy atom. The Morgan fingerprint density at radius 1 is 1.24 bits per heavy atom. The van der Waals surface area contributed by atoms with Crippen LogP contribution in [0.5, 0.6) is 5.75 Å². The van der Waals surface area contributed by atoms with Crippen LogP contribution in [0.4, 0.5) is 0 Å². The number of benzene rings is 2. The van der Waals surface area contributed by atoms with Gasteiger partial charge < -0.3 is 10.2 Å². The summed E-state index contributed by atoms with van der Waals surface area (Å²) in [5.41, 5.74) is 1.54. The number of aliphatic carboxylic acids is 1. The summed E-state index contributed by atoms with van der Waals surface area (Å²) in [5, 5.41) is 19.0. The molecule has 0 bridgehead atoms. The lowest BCUT2D eigenvalue weighted by molar-refractivity contribution is -0.138. The van der Waals surface area contributed by atoms with Crippen LogP contribution in [0.3, 0.4) is 0 Å². The highest BCUT2D eigenvalue weighted by Crippen LogP contribution is 2.13. The number of phenols is 1. The monoisotopic (exact) mass is 303 g/mol. The van der Waals surface area contributed by atoms with Crippen molar-refractivity contribution in [2.75, 3.05) is 0 Å². The maximum absolute atomic E-state index is 11.3. The van der Waals surface area contributed by atoms with E-state index < -0.39 is 12.0 Å². The van der Waals surface area contributed by atoms with Gasteiger partial charge in [0.1, 0.15) is 5.75 Å². The highest BCUT2D eigenvalue weighted by atomic mass is 35.5. The summed E-state index contributed by atoms with van der Waals surface area (Å²) in [6.07, 6.45) is 1.76.